The Bertz CT molecular complexity index is 1020. The minimum atomic E-state index is -0.900. The Morgan fingerprint density at radius 1 is 1.03 bits per heavy atom. The highest BCUT2D eigenvalue weighted by Crippen LogP contribution is 2.44. The van der Waals surface area contributed by atoms with E-state index in [-0.39, 0.29) is 36.8 Å². The third-order valence-corrected chi connectivity index (χ3v) is 6.79. The largest absolute Gasteiger partial charge is 0.481 e. The van der Waals surface area contributed by atoms with Crippen LogP contribution in [0, 0.1) is 17.8 Å². The molecule has 2 aromatic rings. The number of alkyl carbamates (subject to hydrolysis) is 1. The standard InChI is InChI=1S/C26H30N2O5/c1-15(2)23(24(29)28-12-16(3)21(13-28)25(30)31)27-26(32)33-14-22-19-10-6-4-8-17(19)18-9-5-7-11-20(18)22/h4-11,15-16,21-23H,12-14H2,1-3H3,(H,27,32)(H,30,31)/t16-,21-,23-/m1/s1. The van der Waals surface area contributed by atoms with Crippen molar-refractivity contribution >= 4 is 18.0 Å². The molecule has 1 fully saturated rings. The van der Waals surface area contributed by atoms with Crippen molar-refractivity contribution in [2.24, 2.45) is 17.8 Å². The molecule has 2 amide bonds. The maximum Gasteiger partial charge on any atom is 0.407 e. The molecule has 174 valence electrons. The highest BCUT2D eigenvalue weighted by Gasteiger charge is 2.40. The number of carboxylic acid groups (broad SMARTS) is 1. The van der Waals surface area contributed by atoms with Gasteiger partial charge in [0, 0.05) is 19.0 Å². The Labute approximate surface area is 193 Å². The van der Waals surface area contributed by atoms with Crippen LogP contribution < -0.4 is 5.32 Å². The van der Waals surface area contributed by atoms with Gasteiger partial charge in [-0.1, -0.05) is 69.3 Å². The van der Waals surface area contributed by atoms with Crippen molar-refractivity contribution in [3.8, 4) is 11.1 Å². The molecule has 2 aromatic carbocycles. The molecule has 2 N–H and O–H groups in total. The summed E-state index contributed by atoms with van der Waals surface area (Å²) in [5.41, 5.74) is 4.53. The van der Waals surface area contributed by atoms with Gasteiger partial charge in [-0.2, -0.15) is 0 Å². The first-order chi connectivity index (χ1) is 15.8. The van der Waals surface area contributed by atoms with Crippen LogP contribution in [0.2, 0.25) is 0 Å². The lowest BCUT2D eigenvalue weighted by Gasteiger charge is -2.27. The molecule has 1 heterocycles. The van der Waals surface area contributed by atoms with E-state index in [0.717, 1.165) is 22.3 Å². The molecule has 2 aliphatic rings. The zero-order chi connectivity index (χ0) is 23.7. The molecule has 0 unspecified atom stereocenters. The molecule has 0 saturated carbocycles. The molecule has 1 aliphatic heterocycles. The topological polar surface area (TPSA) is 95.9 Å². The molecule has 0 aromatic heterocycles. The molecule has 1 aliphatic carbocycles. The van der Waals surface area contributed by atoms with Gasteiger partial charge in [0.05, 0.1) is 5.92 Å². The van der Waals surface area contributed by atoms with Gasteiger partial charge in [0.25, 0.3) is 0 Å². The van der Waals surface area contributed by atoms with E-state index in [1.165, 1.54) is 4.90 Å². The van der Waals surface area contributed by atoms with Crippen molar-refractivity contribution in [1.82, 2.24) is 10.2 Å². The first kappa shape index (κ1) is 22.8. The number of hydrogen-bond donors (Lipinski definition) is 2. The normalized spacial score (nSPS) is 20.3. The van der Waals surface area contributed by atoms with Gasteiger partial charge < -0.3 is 20.1 Å². The molecule has 0 spiro atoms. The minimum Gasteiger partial charge on any atom is -0.481 e. The average molecular weight is 451 g/mol. The van der Waals surface area contributed by atoms with Crippen molar-refractivity contribution in [1.29, 1.82) is 0 Å². The van der Waals surface area contributed by atoms with Crippen LogP contribution in [-0.4, -0.2) is 53.7 Å². The summed E-state index contributed by atoms with van der Waals surface area (Å²) in [5.74, 6) is -2.12. The summed E-state index contributed by atoms with van der Waals surface area (Å²) in [6, 6.07) is 15.4. The van der Waals surface area contributed by atoms with Gasteiger partial charge in [-0.3, -0.25) is 9.59 Å². The Hall–Kier alpha value is -3.35. The Morgan fingerprint density at radius 3 is 2.12 bits per heavy atom. The lowest BCUT2D eigenvalue weighted by atomic mass is 9.98. The van der Waals surface area contributed by atoms with Crippen LogP contribution in [0.25, 0.3) is 11.1 Å². The van der Waals surface area contributed by atoms with Gasteiger partial charge in [0.1, 0.15) is 12.6 Å². The van der Waals surface area contributed by atoms with Crippen LogP contribution in [0.5, 0.6) is 0 Å². The molecule has 33 heavy (non-hydrogen) atoms. The van der Waals surface area contributed by atoms with Crippen LogP contribution in [0.3, 0.4) is 0 Å². The number of hydrogen-bond acceptors (Lipinski definition) is 4. The van der Waals surface area contributed by atoms with E-state index < -0.39 is 24.0 Å². The van der Waals surface area contributed by atoms with Crippen LogP contribution in [0.4, 0.5) is 4.79 Å². The van der Waals surface area contributed by atoms with Crippen LogP contribution in [-0.2, 0) is 14.3 Å². The predicted molar refractivity (Wildman–Crippen MR) is 124 cm³/mol. The van der Waals surface area contributed by atoms with Crippen LogP contribution in [0.15, 0.2) is 48.5 Å². The minimum absolute atomic E-state index is 0.0629. The number of nitrogens with one attached hydrogen (secondary N) is 1. The van der Waals surface area contributed by atoms with E-state index in [2.05, 4.69) is 29.6 Å². The summed E-state index contributed by atoms with van der Waals surface area (Å²) >= 11 is 0. The number of likely N-dealkylation sites (tertiary alicyclic amines) is 1. The number of fused-ring (bicyclic) bond motifs is 3. The predicted octanol–water partition coefficient (Wildman–Crippen LogP) is 3.73. The summed E-state index contributed by atoms with van der Waals surface area (Å²) in [5, 5.41) is 12.1. The summed E-state index contributed by atoms with van der Waals surface area (Å²) in [4.78, 5) is 38.7. The second kappa shape index (κ2) is 9.25. The van der Waals surface area contributed by atoms with E-state index in [0.29, 0.717) is 6.54 Å². The summed E-state index contributed by atoms with van der Waals surface area (Å²) < 4.78 is 5.60. The molecule has 7 heteroatoms. The number of carboxylic acids is 1. The van der Waals surface area contributed by atoms with Crippen molar-refractivity contribution in [3.63, 3.8) is 0 Å². The Kier molecular flexibility index (Phi) is 6.40. The molecule has 4 rings (SSSR count). The second-order valence-electron chi connectivity index (χ2n) is 9.36. The number of amides is 2. The third-order valence-electron chi connectivity index (χ3n) is 6.79. The highest BCUT2D eigenvalue weighted by atomic mass is 16.5. The van der Waals surface area contributed by atoms with E-state index in [1.54, 1.807) is 0 Å². The Balaban J connectivity index is 1.41. The fourth-order valence-corrected chi connectivity index (χ4v) is 4.95. The van der Waals surface area contributed by atoms with Gasteiger partial charge in [-0.25, -0.2) is 4.79 Å². The number of carbonyl (C=O) groups excluding carboxylic acids is 2. The van der Waals surface area contributed by atoms with Gasteiger partial charge in [0.15, 0.2) is 0 Å². The molecular formula is C26H30N2O5. The van der Waals surface area contributed by atoms with Crippen molar-refractivity contribution in [3.05, 3.63) is 59.7 Å². The fraction of sp³-hybridized carbons (Fsp3) is 0.423. The fourth-order valence-electron chi connectivity index (χ4n) is 4.95. The average Bonchev–Trinajstić information content (AvgIpc) is 3.34. The number of carbonyl (C=O) groups is 3. The molecule has 0 radical (unpaired) electrons. The number of ether oxygens (including phenoxy) is 1. The zero-order valence-electron chi connectivity index (χ0n) is 19.2. The SMILES string of the molecule is CC(C)[C@@H](NC(=O)OCC1c2ccccc2-c2ccccc21)C(=O)N1C[C@@H](C)[C@H](C(=O)O)C1. The zero-order valence-corrected chi connectivity index (χ0v) is 19.2. The van der Waals surface area contributed by atoms with E-state index >= 15 is 0 Å². The number of rotatable bonds is 6. The maximum atomic E-state index is 13.1. The third kappa shape index (κ3) is 4.45. The first-order valence-corrected chi connectivity index (χ1v) is 11.4. The second-order valence-corrected chi connectivity index (χ2v) is 9.36. The van der Waals surface area contributed by atoms with E-state index in [4.69, 9.17) is 4.74 Å². The number of nitrogens with zero attached hydrogens (tertiary/aromatic N) is 1. The molecule has 0 bridgehead atoms. The molecular weight excluding hydrogens is 420 g/mol. The molecule has 7 nitrogen and oxygen atoms in total. The quantitative estimate of drug-likeness (QED) is 0.699. The van der Waals surface area contributed by atoms with E-state index in [1.807, 2.05) is 45.0 Å². The first-order valence-electron chi connectivity index (χ1n) is 11.4. The lowest BCUT2D eigenvalue weighted by Crippen LogP contribution is -2.51. The summed E-state index contributed by atoms with van der Waals surface area (Å²) in [6.45, 7) is 6.22. The monoisotopic (exact) mass is 450 g/mol. The maximum absolute atomic E-state index is 13.1. The Morgan fingerprint density at radius 2 is 1.61 bits per heavy atom. The van der Waals surface area contributed by atoms with Gasteiger partial charge in [0.2, 0.25) is 5.91 Å². The van der Waals surface area contributed by atoms with E-state index in [9.17, 15) is 19.5 Å². The van der Waals surface area contributed by atoms with Crippen LogP contribution >= 0.6 is 0 Å². The number of aliphatic carboxylic acids is 1. The van der Waals surface area contributed by atoms with Gasteiger partial charge in [-0.05, 0) is 34.1 Å². The summed E-state index contributed by atoms with van der Waals surface area (Å²) in [7, 11) is 0. The van der Waals surface area contributed by atoms with Gasteiger partial charge >= 0.3 is 12.1 Å². The smallest absolute Gasteiger partial charge is 0.407 e. The van der Waals surface area contributed by atoms with Crippen molar-refractivity contribution in [2.75, 3.05) is 19.7 Å². The van der Waals surface area contributed by atoms with Crippen molar-refractivity contribution < 1.29 is 24.2 Å². The lowest BCUT2D eigenvalue weighted by molar-refractivity contribution is -0.142. The molecule has 1 saturated heterocycles. The van der Waals surface area contributed by atoms with Gasteiger partial charge in [-0.15, -0.1) is 0 Å². The highest BCUT2D eigenvalue weighted by molar-refractivity contribution is 5.87. The summed E-state index contributed by atoms with van der Waals surface area (Å²) in [6.07, 6.45) is -0.647. The molecule has 3 atom stereocenters. The van der Waals surface area contributed by atoms with Crippen molar-refractivity contribution in [2.45, 2.75) is 32.7 Å². The number of benzene rings is 2. The van der Waals surface area contributed by atoms with Crippen LogP contribution in [0.1, 0.15) is 37.8 Å².